The van der Waals surface area contributed by atoms with Crippen molar-refractivity contribution < 1.29 is 5.11 Å². The molecule has 2 atom stereocenters. The second-order valence-electron chi connectivity index (χ2n) is 4.14. The van der Waals surface area contributed by atoms with Crippen LogP contribution in [0.3, 0.4) is 0 Å². The van der Waals surface area contributed by atoms with Gasteiger partial charge in [-0.05, 0) is 12.0 Å². The molecule has 1 heteroatoms. The van der Waals surface area contributed by atoms with E-state index in [-0.39, 0.29) is 5.92 Å². The zero-order valence-electron chi connectivity index (χ0n) is 9.61. The molecule has 0 aliphatic rings. The lowest BCUT2D eigenvalue weighted by atomic mass is 9.81. The standard InChI is InChI=1S/C14H20O/c1-4-12(3)14(15,5-2)11-13-9-7-6-8-10-13/h4,6-10,12,15H,1,5,11H2,2-3H3. The molecular weight excluding hydrogens is 184 g/mol. The van der Waals surface area contributed by atoms with Crippen molar-refractivity contribution in [2.75, 3.05) is 0 Å². The minimum atomic E-state index is -0.664. The molecule has 0 radical (unpaired) electrons. The van der Waals surface area contributed by atoms with Crippen molar-refractivity contribution >= 4 is 0 Å². The van der Waals surface area contributed by atoms with Gasteiger partial charge in [-0.2, -0.15) is 0 Å². The van der Waals surface area contributed by atoms with Crippen molar-refractivity contribution in [2.45, 2.75) is 32.3 Å². The lowest BCUT2D eigenvalue weighted by molar-refractivity contribution is 0.00230. The first-order valence-corrected chi connectivity index (χ1v) is 5.51. The number of hydrogen-bond donors (Lipinski definition) is 1. The molecule has 0 aliphatic heterocycles. The Morgan fingerprint density at radius 2 is 2.00 bits per heavy atom. The Labute approximate surface area is 92.5 Å². The monoisotopic (exact) mass is 204 g/mol. The predicted molar refractivity (Wildman–Crippen MR) is 64.7 cm³/mol. The fraction of sp³-hybridized carbons (Fsp3) is 0.429. The van der Waals surface area contributed by atoms with E-state index in [1.54, 1.807) is 0 Å². The van der Waals surface area contributed by atoms with E-state index in [0.29, 0.717) is 6.42 Å². The summed E-state index contributed by atoms with van der Waals surface area (Å²) in [6, 6.07) is 10.1. The maximum absolute atomic E-state index is 10.5. The third-order valence-electron chi connectivity index (χ3n) is 3.17. The van der Waals surface area contributed by atoms with Crippen LogP contribution in [-0.4, -0.2) is 10.7 Å². The Morgan fingerprint density at radius 3 is 2.47 bits per heavy atom. The summed E-state index contributed by atoms with van der Waals surface area (Å²) in [7, 11) is 0. The van der Waals surface area contributed by atoms with Crippen LogP contribution < -0.4 is 0 Å². The predicted octanol–water partition coefficient (Wildman–Crippen LogP) is 3.19. The van der Waals surface area contributed by atoms with Gasteiger partial charge in [0.25, 0.3) is 0 Å². The van der Waals surface area contributed by atoms with Gasteiger partial charge in [-0.1, -0.05) is 50.3 Å². The normalized spacial score (nSPS) is 16.7. The quantitative estimate of drug-likeness (QED) is 0.730. The van der Waals surface area contributed by atoms with Crippen molar-refractivity contribution in [3.05, 3.63) is 48.6 Å². The largest absolute Gasteiger partial charge is 0.389 e. The van der Waals surface area contributed by atoms with E-state index >= 15 is 0 Å². The maximum atomic E-state index is 10.5. The van der Waals surface area contributed by atoms with Crippen LogP contribution in [0.1, 0.15) is 25.8 Å². The van der Waals surface area contributed by atoms with Gasteiger partial charge in [-0.25, -0.2) is 0 Å². The molecule has 82 valence electrons. The van der Waals surface area contributed by atoms with Crippen LogP contribution >= 0.6 is 0 Å². The fourth-order valence-electron chi connectivity index (χ4n) is 1.78. The van der Waals surface area contributed by atoms with Crippen molar-refractivity contribution in [3.63, 3.8) is 0 Å². The Hall–Kier alpha value is -1.08. The van der Waals surface area contributed by atoms with Crippen LogP contribution in [0.15, 0.2) is 43.0 Å². The van der Waals surface area contributed by atoms with E-state index < -0.39 is 5.60 Å². The molecule has 1 N–H and O–H groups in total. The summed E-state index contributed by atoms with van der Waals surface area (Å²) in [5.41, 5.74) is 0.513. The van der Waals surface area contributed by atoms with E-state index in [0.717, 1.165) is 6.42 Å². The summed E-state index contributed by atoms with van der Waals surface area (Å²) in [6.45, 7) is 7.79. The molecule has 0 saturated heterocycles. The number of hydrogen-bond acceptors (Lipinski definition) is 1. The summed E-state index contributed by atoms with van der Waals surface area (Å²) < 4.78 is 0. The lowest BCUT2D eigenvalue weighted by Crippen LogP contribution is -2.37. The average molecular weight is 204 g/mol. The van der Waals surface area contributed by atoms with Gasteiger partial charge in [0.15, 0.2) is 0 Å². The molecular formula is C14H20O. The summed E-state index contributed by atoms with van der Waals surface area (Å²) >= 11 is 0. The Morgan fingerprint density at radius 1 is 1.40 bits per heavy atom. The first kappa shape index (κ1) is 12.0. The summed E-state index contributed by atoms with van der Waals surface area (Å²) in [5.74, 6) is 0.114. The van der Waals surface area contributed by atoms with Crippen LogP contribution in [0, 0.1) is 5.92 Å². The minimum absolute atomic E-state index is 0.114. The molecule has 0 heterocycles. The van der Waals surface area contributed by atoms with Crippen molar-refractivity contribution in [1.29, 1.82) is 0 Å². The van der Waals surface area contributed by atoms with Gasteiger partial charge in [-0.15, -0.1) is 6.58 Å². The molecule has 0 amide bonds. The van der Waals surface area contributed by atoms with E-state index in [4.69, 9.17) is 0 Å². The third kappa shape index (κ3) is 2.93. The van der Waals surface area contributed by atoms with Gasteiger partial charge in [-0.3, -0.25) is 0 Å². The molecule has 0 fully saturated rings. The van der Waals surface area contributed by atoms with Crippen LogP contribution in [0.4, 0.5) is 0 Å². The second-order valence-corrected chi connectivity index (χ2v) is 4.14. The zero-order chi connectivity index (χ0) is 11.3. The van der Waals surface area contributed by atoms with Gasteiger partial charge in [0.05, 0.1) is 5.60 Å². The highest BCUT2D eigenvalue weighted by atomic mass is 16.3. The average Bonchev–Trinajstić information content (AvgIpc) is 2.29. The van der Waals surface area contributed by atoms with Gasteiger partial charge in [0, 0.05) is 12.3 Å². The molecule has 0 aliphatic carbocycles. The zero-order valence-corrected chi connectivity index (χ0v) is 9.61. The fourth-order valence-corrected chi connectivity index (χ4v) is 1.78. The molecule has 2 unspecified atom stereocenters. The lowest BCUT2D eigenvalue weighted by Gasteiger charge is -2.31. The Kier molecular flexibility index (Phi) is 4.10. The molecule has 0 aromatic heterocycles. The van der Waals surface area contributed by atoms with E-state index in [9.17, 15) is 5.11 Å². The molecule has 0 bridgehead atoms. The first-order chi connectivity index (χ1) is 7.12. The number of benzene rings is 1. The highest BCUT2D eigenvalue weighted by Crippen LogP contribution is 2.26. The van der Waals surface area contributed by atoms with Crippen molar-refractivity contribution in [2.24, 2.45) is 5.92 Å². The highest BCUT2D eigenvalue weighted by molar-refractivity contribution is 5.18. The Balaban J connectivity index is 2.81. The van der Waals surface area contributed by atoms with E-state index in [1.165, 1.54) is 5.56 Å². The topological polar surface area (TPSA) is 20.2 Å². The number of rotatable bonds is 5. The first-order valence-electron chi connectivity index (χ1n) is 5.51. The number of aliphatic hydroxyl groups is 1. The molecule has 0 saturated carbocycles. The molecule has 0 spiro atoms. The molecule has 1 aromatic carbocycles. The maximum Gasteiger partial charge on any atom is 0.0744 e. The molecule has 1 rings (SSSR count). The van der Waals surface area contributed by atoms with Crippen molar-refractivity contribution in [1.82, 2.24) is 0 Å². The van der Waals surface area contributed by atoms with Crippen LogP contribution in [0.25, 0.3) is 0 Å². The van der Waals surface area contributed by atoms with Crippen LogP contribution in [-0.2, 0) is 6.42 Å². The highest BCUT2D eigenvalue weighted by Gasteiger charge is 2.29. The SMILES string of the molecule is C=CC(C)C(O)(CC)Cc1ccccc1. The van der Waals surface area contributed by atoms with E-state index in [1.807, 2.05) is 38.1 Å². The summed E-state index contributed by atoms with van der Waals surface area (Å²) in [4.78, 5) is 0. The molecule has 15 heavy (non-hydrogen) atoms. The van der Waals surface area contributed by atoms with Gasteiger partial charge >= 0.3 is 0 Å². The minimum Gasteiger partial charge on any atom is -0.389 e. The van der Waals surface area contributed by atoms with Crippen LogP contribution in [0.5, 0.6) is 0 Å². The molecule has 1 aromatic rings. The smallest absolute Gasteiger partial charge is 0.0744 e. The van der Waals surface area contributed by atoms with Gasteiger partial charge < -0.3 is 5.11 Å². The third-order valence-corrected chi connectivity index (χ3v) is 3.17. The summed E-state index contributed by atoms with van der Waals surface area (Å²) in [6.07, 6.45) is 3.26. The Bertz CT molecular complexity index is 304. The van der Waals surface area contributed by atoms with Crippen molar-refractivity contribution in [3.8, 4) is 0 Å². The van der Waals surface area contributed by atoms with Gasteiger partial charge in [0.1, 0.15) is 0 Å². The van der Waals surface area contributed by atoms with Gasteiger partial charge in [0.2, 0.25) is 0 Å². The van der Waals surface area contributed by atoms with Crippen LogP contribution in [0.2, 0.25) is 0 Å². The second kappa shape index (κ2) is 5.13. The van der Waals surface area contributed by atoms with E-state index in [2.05, 4.69) is 18.7 Å². The molecule has 1 nitrogen and oxygen atoms in total. The summed E-state index contributed by atoms with van der Waals surface area (Å²) in [5, 5.41) is 10.5.